The van der Waals surface area contributed by atoms with Crippen LogP contribution in [0.3, 0.4) is 0 Å². The van der Waals surface area contributed by atoms with Crippen LogP contribution in [0.15, 0.2) is 48.5 Å². The van der Waals surface area contributed by atoms with Gasteiger partial charge in [-0.25, -0.2) is 0 Å². The Kier molecular flexibility index (Phi) is 7.54. The zero-order chi connectivity index (χ0) is 20.5. The predicted octanol–water partition coefficient (Wildman–Crippen LogP) is 3.37. The van der Waals surface area contributed by atoms with E-state index in [0.717, 1.165) is 37.4 Å². The molecule has 8 nitrogen and oxygen atoms in total. The molecule has 0 saturated carbocycles. The number of hydrogen-bond acceptors (Lipinski definition) is 7. The maximum Gasteiger partial charge on any atom is 0.346 e. The lowest BCUT2D eigenvalue weighted by Crippen LogP contribution is -2.17. The number of tetrazole rings is 1. The van der Waals surface area contributed by atoms with Crippen molar-refractivity contribution in [2.24, 2.45) is 0 Å². The van der Waals surface area contributed by atoms with E-state index in [4.69, 9.17) is 14.2 Å². The van der Waals surface area contributed by atoms with E-state index in [1.54, 1.807) is 7.11 Å². The van der Waals surface area contributed by atoms with Crippen LogP contribution in [0.25, 0.3) is 5.69 Å². The Balaban J connectivity index is 1.61. The molecule has 0 fully saturated rings. The van der Waals surface area contributed by atoms with Crippen LogP contribution in [0.4, 0.5) is 0 Å². The van der Waals surface area contributed by atoms with E-state index < -0.39 is 0 Å². The van der Waals surface area contributed by atoms with Gasteiger partial charge in [0.25, 0.3) is 0 Å². The van der Waals surface area contributed by atoms with Gasteiger partial charge < -0.3 is 19.5 Å². The van der Waals surface area contributed by atoms with Crippen LogP contribution < -0.4 is 14.8 Å². The molecule has 0 aliphatic heterocycles. The van der Waals surface area contributed by atoms with Gasteiger partial charge in [-0.2, -0.15) is 4.68 Å². The fraction of sp³-hybridized carbons (Fsp3) is 0.381. The second-order valence-electron chi connectivity index (χ2n) is 6.75. The highest BCUT2D eigenvalue weighted by Crippen LogP contribution is 2.32. The molecule has 0 amide bonds. The van der Waals surface area contributed by atoms with Crippen LogP contribution in [-0.2, 0) is 11.3 Å². The van der Waals surface area contributed by atoms with Crippen LogP contribution in [0.1, 0.15) is 25.8 Å². The molecule has 1 N–H and O–H groups in total. The summed E-state index contributed by atoms with van der Waals surface area (Å²) in [6.45, 7) is 6.47. The Labute approximate surface area is 170 Å². The molecular weight excluding hydrogens is 370 g/mol. The van der Waals surface area contributed by atoms with Crippen molar-refractivity contribution in [1.29, 1.82) is 0 Å². The summed E-state index contributed by atoms with van der Waals surface area (Å²) in [7, 11) is 1.61. The minimum Gasteiger partial charge on any atom is -0.493 e. The van der Waals surface area contributed by atoms with Crippen molar-refractivity contribution in [2.45, 2.75) is 32.9 Å². The summed E-state index contributed by atoms with van der Waals surface area (Å²) in [4.78, 5) is 0. The summed E-state index contributed by atoms with van der Waals surface area (Å²) in [5, 5.41) is 15.1. The van der Waals surface area contributed by atoms with Gasteiger partial charge in [0.1, 0.15) is 0 Å². The Morgan fingerprint density at radius 3 is 2.66 bits per heavy atom. The lowest BCUT2D eigenvalue weighted by atomic mass is 10.2. The van der Waals surface area contributed by atoms with Crippen molar-refractivity contribution in [1.82, 2.24) is 25.5 Å². The molecule has 0 aliphatic rings. The number of nitrogens with zero attached hydrogens (tertiary/aromatic N) is 4. The van der Waals surface area contributed by atoms with Gasteiger partial charge in [0.2, 0.25) is 0 Å². The molecule has 1 heterocycles. The molecule has 0 unspecified atom stereocenters. The molecule has 2 aromatic carbocycles. The normalized spacial score (nSPS) is 11.0. The van der Waals surface area contributed by atoms with Gasteiger partial charge in [-0.1, -0.05) is 29.4 Å². The molecule has 8 heteroatoms. The molecule has 0 saturated heterocycles. The number of para-hydroxylation sites is 1. The first kappa shape index (κ1) is 20.8. The topological polar surface area (TPSA) is 83.3 Å². The summed E-state index contributed by atoms with van der Waals surface area (Å²) < 4.78 is 18.5. The lowest BCUT2D eigenvalue weighted by Gasteiger charge is -2.12. The molecule has 0 radical (unpaired) electrons. The number of hydrogen-bond donors (Lipinski definition) is 1. The molecule has 0 aliphatic carbocycles. The van der Waals surface area contributed by atoms with Crippen molar-refractivity contribution in [2.75, 3.05) is 20.3 Å². The van der Waals surface area contributed by atoms with E-state index in [9.17, 15) is 0 Å². The first-order chi connectivity index (χ1) is 14.2. The van der Waals surface area contributed by atoms with Gasteiger partial charge in [0.05, 0.1) is 18.9 Å². The molecule has 0 atom stereocenters. The molecule has 29 heavy (non-hydrogen) atoms. The number of aromatic nitrogens is 4. The summed E-state index contributed by atoms with van der Waals surface area (Å²) in [5.74, 6) is 1.17. The highest BCUT2D eigenvalue weighted by atomic mass is 16.5. The fourth-order valence-corrected chi connectivity index (χ4v) is 2.73. The second-order valence-corrected chi connectivity index (χ2v) is 6.75. The summed E-state index contributed by atoms with van der Waals surface area (Å²) in [6.07, 6.45) is 1.24. The second kappa shape index (κ2) is 10.5. The van der Waals surface area contributed by atoms with E-state index in [-0.39, 0.29) is 12.1 Å². The maximum atomic E-state index is 5.93. The van der Waals surface area contributed by atoms with Crippen LogP contribution in [0.5, 0.6) is 17.5 Å². The van der Waals surface area contributed by atoms with Crippen LogP contribution in [0.2, 0.25) is 0 Å². The van der Waals surface area contributed by atoms with E-state index in [1.807, 2.05) is 62.4 Å². The first-order valence-corrected chi connectivity index (χ1v) is 9.68. The quantitative estimate of drug-likeness (QED) is 0.497. The van der Waals surface area contributed by atoms with Gasteiger partial charge in [-0.3, -0.25) is 0 Å². The molecule has 1 aromatic heterocycles. The largest absolute Gasteiger partial charge is 0.493 e. The maximum absolute atomic E-state index is 5.93. The third-order valence-electron chi connectivity index (χ3n) is 4.15. The summed E-state index contributed by atoms with van der Waals surface area (Å²) >= 11 is 0. The Hall–Kier alpha value is -2.97. The molecule has 3 aromatic rings. The summed E-state index contributed by atoms with van der Waals surface area (Å²) in [5.41, 5.74) is 1.91. The van der Waals surface area contributed by atoms with E-state index in [1.165, 1.54) is 4.68 Å². The predicted molar refractivity (Wildman–Crippen MR) is 110 cm³/mol. The molecule has 0 bridgehead atoms. The molecule has 0 spiro atoms. The van der Waals surface area contributed by atoms with E-state index in [2.05, 4.69) is 20.8 Å². The Bertz CT molecular complexity index is 883. The zero-order valence-corrected chi connectivity index (χ0v) is 17.0. The van der Waals surface area contributed by atoms with Crippen molar-refractivity contribution in [3.63, 3.8) is 0 Å². The van der Waals surface area contributed by atoms with E-state index >= 15 is 0 Å². The van der Waals surface area contributed by atoms with Crippen molar-refractivity contribution >= 4 is 0 Å². The zero-order valence-electron chi connectivity index (χ0n) is 17.0. The smallest absolute Gasteiger partial charge is 0.346 e. The van der Waals surface area contributed by atoms with Gasteiger partial charge in [-0.15, -0.1) is 0 Å². The monoisotopic (exact) mass is 397 g/mol. The molecule has 154 valence electrons. The SMILES string of the molecule is COc1cc(CNCCCOC(C)C)ccc1Oc1nnnn1-c1ccccc1. The van der Waals surface area contributed by atoms with Crippen LogP contribution >= 0.6 is 0 Å². The third-order valence-corrected chi connectivity index (χ3v) is 4.15. The minimum absolute atomic E-state index is 0.269. The van der Waals surface area contributed by atoms with Crippen molar-refractivity contribution in [3.8, 4) is 23.2 Å². The molecular formula is C21H27N5O3. The number of nitrogens with one attached hydrogen (secondary N) is 1. The lowest BCUT2D eigenvalue weighted by molar-refractivity contribution is 0.0770. The van der Waals surface area contributed by atoms with Gasteiger partial charge >= 0.3 is 6.01 Å². The van der Waals surface area contributed by atoms with Gasteiger partial charge in [-0.05, 0) is 67.1 Å². The number of rotatable bonds is 11. The van der Waals surface area contributed by atoms with Crippen molar-refractivity contribution in [3.05, 3.63) is 54.1 Å². The fourth-order valence-electron chi connectivity index (χ4n) is 2.73. The average molecular weight is 397 g/mol. The first-order valence-electron chi connectivity index (χ1n) is 9.68. The Morgan fingerprint density at radius 1 is 1.07 bits per heavy atom. The Morgan fingerprint density at radius 2 is 1.90 bits per heavy atom. The third kappa shape index (κ3) is 6.00. The number of methoxy groups -OCH3 is 1. The van der Waals surface area contributed by atoms with Crippen molar-refractivity contribution < 1.29 is 14.2 Å². The van der Waals surface area contributed by atoms with Gasteiger partial charge in [0, 0.05) is 13.2 Å². The standard InChI is InChI=1S/C21H27N5O3/c1-16(2)28-13-7-12-22-15-17-10-11-19(20(14-17)27-3)29-21-23-24-25-26(21)18-8-5-4-6-9-18/h4-6,8-11,14,16,22H,7,12-13,15H2,1-3H3. The van der Waals surface area contributed by atoms with Crippen LogP contribution in [0, 0.1) is 0 Å². The highest BCUT2D eigenvalue weighted by molar-refractivity contribution is 5.44. The number of benzene rings is 2. The molecule has 3 rings (SSSR count). The van der Waals surface area contributed by atoms with Gasteiger partial charge in [0.15, 0.2) is 11.5 Å². The van der Waals surface area contributed by atoms with E-state index in [0.29, 0.717) is 11.5 Å². The average Bonchev–Trinajstić information content (AvgIpc) is 3.20. The summed E-state index contributed by atoms with van der Waals surface area (Å²) in [6, 6.07) is 15.6. The minimum atomic E-state index is 0.269. The van der Waals surface area contributed by atoms with Crippen LogP contribution in [-0.4, -0.2) is 46.6 Å². The number of ether oxygens (including phenoxy) is 3. The highest BCUT2D eigenvalue weighted by Gasteiger charge is 2.14.